The van der Waals surface area contributed by atoms with Crippen molar-refractivity contribution in [3.63, 3.8) is 0 Å². The minimum absolute atomic E-state index is 0.133. The van der Waals surface area contributed by atoms with E-state index in [0.29, 0.717) is 35.9 Å². The van der Waals surface area contributed by atoms with Crippen LogP contribution in [-0.4, -0.2) is 54.2 Å². The van der Waals surface area contributed by atoms with Crippen molar-refractivity contribution in [3.8, 4) is 0 Å². The van der Waals surface area contributed by atoms with Crippen molar-refractivity contribution in [2.24, 2.45) is 5.92 Å². The summed E-state index contributed by atoms with van der Waals surface area (Å²) in [4.78, 5) is 24.5. The summed E-state index contributed by atoms with van der Waals surface area (Å²) >= 11 is 0. The smallest absolute Gasteiger partial charge is 0.341 e. The van der Waals surface area contributed by atoms with E-state index in [1.54, 1.807) is 6.07 Å². The summed E-state index contributed by atoms with van der Waals surface area (Å²) in [5.74, 6) is 0.228. The summed E-state index contributed by atoms with van der Waals surface area (Å²) in [5.41, 5.74) is 0.415. The van der Waals surface area contributed by atoms with Gasteiger partial charge >= 0.3 is 11.9 Å². The van der Waals surface area contributed by atoms with Crippen molar-refractivity contribution in [3.05, 3.63) is 23.7 Å². The minimum Gasteiger partial charge on any atom is -0.480 e. The molecule has 2 N–H and O–H groups in total. The molecule has 0 amide bonds. The van der Waals surface area contributed by atoms with Crippen molar-refractivity contribution in [1.82, 2.24) is 10.2 Å². The van der Waals surface area contributed by atoms with E-state index in [1.807, 2.05) is 0 Å². The Hall–Kier alpha value is -1.86. The molecule has 0 aliphatic heterocycles. The fourth-order valence-electron chi connectivity index (χ4n) is 3.14. The van der Waals surface area contributed by atoms with Crippen molar-refractivity contribution in [1.29, 1.82) is 0 Å². The molecule has 2 aliphatic rings. The van der Waals surface area contributed by atoms with E-state index in [4.69, 9.17) is 9.52 Å². The van der Waals surface area contributed by atoms with Crippen LogP contribution in [0.4, 0.5) is 0 Å². The van der Waals surface area contributed by atoms with Crippen molar-refractivity contribution in [2.45, 2.75) is 44.3 Å². The van der Waals surface area contributed by atoms with E-state index in [1.165, 1.54) is 26.2 Å². The second kappa shape index (κ2) is 7.36. The molecule has 0 spiro atoms. The molecule has 132 valence electrons. The SMILES string of the molecule is COC(=O)c1coc(CNC2CC(N(CC(=O)O)CC3CC3)C2)c1. The molecule has 2 aliphatic carbocycles. The number of carbonyl (C=O) groups excluding carboxylic acids is 1. The molecule has 1 aromatic heterocycles. The number of ether oxygens (including phenoxy) is 1. The number of carboxylic acid groups (broad SMARTS) is 1. The average molecular weight is 336 g/mol. The lowest BCUT2D eigenvalue weighted by atomic mass is 9.85. The van der Waals surface area contributed by atoms with Crippen molar-refractivity contribution >= 4 is 11.9 Å². The number of carbonyl (C=O) groups is 2. The zero-order valence-electron chi connectivity index (χ0n) is 13.9. The van der Waals surface area contributed by atoms with E-state index in [-0.39, 0.29) is 6.54 Å². The highest BCUT2D eigenvalue weighted by Gasteiger charge is 2.36. The minimum atomic E-state index is -0.752. The second-order valence-electron chi connectivity index (χ2n) is 6.76. The van der Waals surface area contributed by atoms with Crippen molar-refractivity contribution in [2.75, 3.05) is 20.2 Å². The van der Waals surface area contributed by atoms with Crippen LogP contribution in [0.5, 0.6) is 0 Å². The Kier molecular flexibility index (Phi) is 5.20. The molecule has 7 heteroatoms. The lowest BCUT2D eigenvalue weighted by Crippen LogP contribution is -2.54. The van der Waals surface area contributed by atoms with Gasteiger partial charge in [-0.1, -0.05) is 0 Å². The first kappa shape index (κ1) is 17.0. The summed E-state index contributed by atoms with van der Waals surface area (Å²) in [5, 5.41) is 12.5. The molecular weight excluding hydrogens is 312 g/mol. The number of methoxy groups -OCH3 is 1. The van der Waals surface area contributed by atoms with Gasteiger partial charge in [-0.05, 0) is 37.7 Å². The topological polar surface area (TPSA) is 92.0 Å². The van der Waals surface area contributed by atoms with Gasteiger partial charge < -0.3 is 19.6 Å². The number of hydrogen-bond acceptors (Lipinski definition) is 6. The molecule has 0 saturated heterocycles. The normalized spacial score (nSPS) is 23.1. The molecule has 3 rings (SSSR count). The molecule has 1 heterocycles. The average Bonchev–Trinajstić information content (AvgIpc) is 3.19. The quantitative estimate of drug-likeness (QED) is 0.660. The standard InChI is InChI=1S/C17H24N2O5/c1-23-17(22)12-4-15(24-10-12)7-18-13-5-14(6-13)19(9-16(20)21)8-11-2-3-11/h4,10-11,13-14,18H,2-3,5-9H2,1H3,(H,20,21). The van der Waals surface area contributed by atoms with Gasteiger partial charge in [0.2, 0.25) is 0 Å². The summed E-state index contributed by atoms with van der Waals surface area (Å²) < 4.78 is 9.99. The number of nitrogens with zero attached hydrogens (tertiary/aromatic N) is 1. The van der Waals surface area contributed by atoms with Gasteiger partial charge in [0, 0.05) is 18.6 Å². The molecule has 0 unspecified atom stereocenters. The first-order valence-electron chi connectivity index (χ1n) is 8.40. The summed E-state index contributed by atoms with van der Waals surface area (Å²) in [7, 11) is 1.34. The van der Waals surface area contributed by atoms with Crippen LogP contribution in [0.15, 0.2) is 16.7 Å². The number of rotatable bonds is 9. The zero-order valence-corrected chi connectivity index (χ0v) is 13.9. The summed E-state index contributed by atoms with van der Waals surface area (Å²) in [6.45, 7) is 1.59. The highest BCUT2D eigenvalue weighted by Crippen LogP contribution is 2.33. The first-order valence-corrected chi connectivity index (χ1v) is 8.40. The third kappa shape index (κ3) is 4.36. The Morgan fingerprint density at radius 1 is 1.42 bits per heavy atom. The van der Waals surface area contributed by atoms with E-state index >= 15 is 0 Å². The van der Waals surface area contributed by atoms with Crippen LogP contribution in [-0.2, 0) is 16.1 Å². The summed E-state index contributed by atoms with van der Waals surface area (Å²) in [6.07, 6.45) is 5.75. The summed E-state index contributed by atoms with van der Waals surface area (Å²) in [6, 6.07) is 2.39. The second-order valence-corrected chi connectivity index (χ2v) is 6.76. The molecule has 7 nitrogen and oxygen atoms in total. The maximum Gasteiger partial charge on any atom is 0.341 e. The van der Waals surface area contributed by atoms with Gasteiger partial charge in [0.1, 0.15) is 12.0 Å². The van der Waals surface area contributed by atoms with Gasteiger partial charge in [0.25, 0.3) is 0 Å². The van der Waals surface area contributed by atoms with E-state index < -0.39 is 11.9 Å². The fraction of sp³-hybridized carbons (Fsp3) is 0.647. The molecule has 1 aromatic rings. The molecular formula is C17H24N2O5. The molecule has 0 aromatic carbocycles. The largest absolute Gasteiger partial charge is 0.480 e. The van der Waals surface area contributed by atoms with Crippen LogP contribution in [0.3, 0.4) is 0 Å². The van der Waals surface area contributed by atoms with Crippen molar-refractivity contribution < 1.29 is 23.8 Å². The Balaban J connectivity index is 1.41. The predicted octanol–water partition coefficient (Wildman–Crippen LogP) is 1.48. The van der Waals surface area contributed by atoms with Gasteiger partial charge in [-0.2, -0.15) is 0 Å². The highest BCUT2D eigenvalue weighted by molar-refractivity contribution is 5.88. The molecule has 24 heavy (non-hydrogen) atoms. The Morgan fingerprint density at radius 3 is 2.79 bits per heavy atom. The maximum atomic E-state index is 11.4. The third-order valence-electron chi connectivity index (χ3n) is 4.80. The molecule has 2 fully saturated rings. The third-order valence-corrected chi connectivity index (χ3v) is 4.80. The van der Waals surface area contributed by atoms with Gasteiger partial charge in [-0.15, -0.1) is 0 Å². The number of esters is 1. The number of carboxylic acids is 1. The predicted molar refractivity (Wildman–Crippen MR) is 85.6 cm³/mol. The molecule has 0 radical (unpaired) electrons. The Labute approximate surface area is 140 Å². The first-order chi connectivity index (χ1) is 11.5. The fourth-order valence-corrected chi connectivity index (χ4v) is 3.14. The van der Waals surface area contributed by atoms with Gasteiger partial charge in [0.15, 0.2) is 0 Å². The number of nitrogens with one attached hydrogen (secondary N) is 1. The van der Waals surface area contributed by atoms with Crippen LogP contribution in [0.25, 0.3) is 0 Å². The van der Waals surface area contributed by atoms with E-state index in [2.05, 4.69) is 15.0 Å². The van der Waals surface area contributed by atoms with Crippen LogP contribution in [0.2, 0.25) is 0 Å². The van der Waals surface area contributed by atoms with Gasteiger partial charge in [0.05, 0.1) is 25.8 Å². The highest BCUT2D eigenvalue weighted by atomic mass is 16.5. The van der Waals surface area contributed by atoms with Crippen LogP contribution < -0.4 is 5.32 Å². The lowest BCUT2D eigenvalue weighted by molar-refractivity contribution is -0.139. The Morgan fingerprint density at radius 2 is 2.17 bits per heavy atom. The van der Waals surface area contributed by atoms with Crippen LogP contribution in [0, 0.1) is 5.92 Å². The molecule has 0 atom stereocenters. The van der Waals surface area contributed by atoms with Crippen LogP contribution in [0.1, 0.15) is 41.8 Å². The van der Waals surface area contributed by atoms with E-state index in [9.17, 15) is 9.59 Å². The molecule has 2 saturated carbocycles. The van der Waals surface area contributed by atoms with Gasteiger partial charge in [-0.25, -0.2) is 4.79 Å². The lowest BCUT2D eigenvalue weighted by Gasteiger charge is -2.42. The molecule has 0 bridgehead atoms. The van der Waals surface area contributed by atoms with E-state index in [0.717, 1.165) is 19.4 Å². The number of furan rings is 1. The monoisotopic (exact) mass is 336 g/mol. The van der Waals surface area contributed by atoms with Crippen LogP contribution >= 0.6 is 0 Å². The number of hydrogen-bond donors (Lipinski definition) is 2. The van der Waals surface area contributed by atoms with Gasteiger partial charge in [-0.3, -0.25) is 9.69 Å². The zero-order chi connectivity index (χ0) is 17.1. The number of aliphatic carboxylic acids is 1. The Bertz CT molecular complexity index is 590. The maximum absolute atomic E-state index is 11.4.